The molecular formula is C16H15BrClN5O. The number of anilines is 1. The smallest absolute Gasteiger partial charge is 0.276 e. The Hall–Kier alpha value is -2.12. The Labute approximate surface area is 152 Å². The number of carbonyl (C=O) groups excluding carboxylic acids is 1. The Kier molecular flexibility index (Phi) is 4.73. The van der Waals surface area contributed by atoms with Crippen LogP contribution in [0.2, 0.25) is 5.02 Å². The lowest BCUT2D eigenvalue weighted by atomic mass is 10.2. The van der Waals surface area contributed by atoms with Crippen molar-refractivity contribution in [1.82, 2.24) is 19.6 Å². The van der Waals surface area contributed by atoms with E-state index >= 15 is 0 Å². The maximum atomic E-state index is 12.4. The van der Waals surface area contributed by atoms with Crippen LogP contribution in [0.25, 0.3) is 0 Å². The van der Waals surface area contributed by atoms with Gasteiger partial charge in [0.25, 0.3) is 5.91 Å². The SMILES string of the molecule is Cc1nn(C)c(C(=O)Nc2ccn(Cc3cccc(Cl)c3)n2)c1Br. The van der Waals surface area contributed by atoms with E-state index in [-0.39, 0.29) is 5.91 Å². The summed E-state index contributed by atoms with van der Waals surface area (Å²) in [6.07, 6.45) is 1.81. The zero-order valence-electron chi connectivity index (χ0n) is 13.1. The minimum Gasteiger partial charge on any atom is -0.304 e. The molecule has 0 saturated heterocycles. The molecule has 24 heavy (non-hydrogen) atoms. The van der Waals surface area contributed by atoms with Crippen LogP contribution in [-0.4, -0.2) is 25.5 Å². The maximum absolute atomic E-state index is 12.4. The van der Waals surface area contributed by atoms with E-state index in [0.717, 1.165) is 11.3 Å². The van der Waals surface area contributed by atoms with Gasteiger partial charge in [-0.05, 0) is 40.5 Å². The van der Waals surface area contributed by atoms with Crippen molar-refractivity contribution in [2.75, 3.05) is 5.32 Å². The van der Waals surface area contributed by atoms with Crippen LogP contribution < -0.4 is 5.32 Å². The van der Waals surface area contributed by atoms with E-state index in [4.69, 9.17) is 11.6 Å². The normalized spacial score (nSPS) is 10.8. The number of hydrogen-bond acceptors (Lipinski definition) is 3. The summed E-state index contributed by atoms with van der Waals surface area (Å²) in [4.78, 5) is 12.4. The average Bonchev–Trinajstić information content (AvgIpc) is 3.04. The number of hydrogen-bond donors (Lipinski definition) is 1. The second kappa shape index (κ2) is 6.78. The molecule has 0 unspecified atom stereocenters. The van der Waals surface area contributed by atoms with Crippen molar-refractivity contribution in [2.24, 2.45) is 7.05 Å². The topological polar surface area (TPSA) is 64.7 Å². The summed E-state index contributed by atoms with van der Waals surface area (Å²) < 4.78 is 3.96. The molecule has 0 radical (unpaired) electrons. The van der Waals surface area contributed by atoms with Gasteiger partial charge in [0.05, 0.1) is 16.7 Å². The van der Waals surface area contributed by atoms with Crippen LogP contribution in [0.1, 0.15) is 21.7 Å². The van der Waals surface area contributed by atoms with E-state index in [2.05, 4.69) is 31.4 Å². The van der Waals surface area contributed by atoms with E-state index in [1.165, 1.54) is 4.68 Å². The van der Waals surface area contributed by atoms with Crippen molar-refractivity contribution in [1.29, 1.82) is 0 Å². The highest BCUT2D eigenvalue weighted by molar-refractivity contribution is 9.10. The maximum Gasteiger partial charge on any atom is 0.276 e. The summed E-state index contributed by atoms with van der Waals surface area (Å²) >= 11 is 9.37. The molecule has 6 nitrogen and oxygen atoms in total. The summed E-state index contributed by atoms with van der Waals surface area (Å²) in [5, 5.41) is 12.0. The van der Waals surface area contributed by atoms with Crippen molar-refractivity contribution in [3.05, 3.63) is 63.0 Å². The minimum atomic E-state index is -0.266. The first-order valence-corrected chi connectivity index (χ1v) is 8.39. The Bertz CT molecular complexity index is 902. The molecule has 3 aromatic rings. The van der Waals surface area contributed by atoms with Crippen molar-refractivity contribution >= 4 is 39.3 Å². The summed E-state index contributed by atoms with van der Waals surface area (Å²) in [5.41, 5.74) is 2.25. The van der Waals surface area contributed by atoms with E-state index in [9.17, 15) is 4.79 Å². The quantitative estimate of drug-likeness (QED) is 0.717. The molecule has 124 valence electrons. The van der Waals surface area contributed by atoms with Gasteiger partial charge in [0.2, 0.25) is 0 Å². The van der Waals surface area contributed by atoms with Gasteiger partial charge in [-0.3, -0.25) is 14.2 Å². The lowest BCUT2D eigenvalue weighted by Gasteiger charge is -2.04. The lowest BCUT2D eigenvalue weighted by Crippen LogP contribution is -2.17. The van der Waals surface area contributed by atoms with Crippen LogP contribution in [0.5, 0.6) is 0 Å². The fraction of sp³-hybridized carbons (Fsp3) is 0.188. The summed E-state index contributed by atoms with van der Waals surface area (Å²) in [5.74, 6) is 0.214. The first-order chi connectivity index (χ1) is 11.4. The number of nitrogens with zero attached hydrogens (tertiary/aromatic N) is 4. The highest BCUT2D eigenvalue weighted by atomic mass is 79.9. The van der Waals surface area contributed by atoms with Crippen LogP contribution >= 0.6 is 27.5 Å². The first kappa shape index (κ1) is 16.7. The molecule has 0 aliphatic carbocycles. The van der Waals surface area contributed by atoms with E-state index in [0.29, 0.717) is 27.6 Å². The highest BCUT2D eigenvalue weighted by Crippen LogP contribution is 2.21. The molecule has 0 bridgehead atoms. The molecule has 0 saturated carbocycles. The third-order valence-corrected chi connectivity index (χ3v) is 4.66. The van der Waals surface area contributed by atoms with E-state index in [1.807, 2.05) is 31.2 Å². The number of aryl methyl sites for hydroxylation is 2. The van der Waals surface area contributed by atoms with E-state index in [1.54, 1.807) is 24.0 Å². The number of aromatic nitrogens is 4. The number of rotatable bonds is 4. The zero-order valence-corrected chi connectivity index (χ0v) is 15.5. The Morgan fingerprint density at radius 3 is 2.79 bits per heavy atom. The van der Waals surface area contributed by atoms with Crippen LogP contribution in [0.3, 0.4) is 0 Å². The monoisotopic (exact) mass is 407 g/mol. The lowest BCUT2D eigenvalue weighted by molar-refractivity contribution is 0.101. The fourth-order valence-electron chi connectivity index (χ4n) is 2.39. The van der Waals surface area contributed by atoms with Gasteiger partial charge in [-0.1, -0.05) is 23.7 Å². The van der Waals surface area contributed by atoms with Crippen LogP contribution in [0.4, 0.5) is 5.82 Å². The number of benzene rings is 1. The van der Waals surface area contributed by atoms with Crippen LogP contribution in [0, 0.1) is 6.92 Å². The molecule has 0 aliphatic rings. The Morgan fingerprint density at radius 1 is 1.33 bits per heavy atom. The number of halogens is 2. The third-order valence-electron chi connectivity index (χ3n) is 3.48. The van der Waals surface area contributed by atoms with Crippen molar-refractivity contribution < 1.29 is 4.79 Å². The average molecular weight is 409 g/mol. The number of carbonyl (C=O) groups is 1. The minimum absolute atomic E-state index is 0.266. The van der Waals surface area contributed by atoms with Crippen LogP contribution in [0.15, 0.2) is 41.0 Å². The van der Waals surface area contributed by atoms with Gasteiger partial charge in [-0.25, -0.2) is 0 Å². The van der Waals surface area contributed by atoms with Gasteiger partial charge < -0.3 is 5.32 Å². The van der Waals surface area contributed by atoms with Gasteiger partial charge in [0.15, 0.2) is 5.82 Å². The zero-order chi connectivity index (χ0) is 17.3. The van der Waals surface area contributed by atoms with Gasteiger partial charge in [0.1, 0.15) is 5.69 Å². The molecule has 1 amide bonds. The summed E-state index contributed by atoms with van der Waals surface area (Å²) in [6, 6.07) is 9.33. The predicted octanol–water partition coefficient (Wildman–Crippen LogP) is 3.64. The Morgan fingerprint density at radius 2 is 2.12 bits per heavy atom. The predicted molar refractivity (Wildman–Crippen MR) is 96.4 cm³/mol. The molecule has 0 fully saturated rings. The molecule has 3 rings (SSSR count). The van der Waals surface area contributed by atoms with Crippen molar-refractivity contribution in [2.45, 2.75) is 13.5 Å². The number of nitrogens with one attached hydrogen (secondary N) is 1. The van der Waals surface area contributed by atoms with Gasteiger partial charge in [-0.2, -0.15) is 10.2 Å². The second-order valence-corrected chi connectivity index (χ2v) is 6.58. The number of amides is 1. The molecule has 0 atom stereocenters. The van der Waals surface area contributed by atoms with Crippen molar-refractivity contribution in [3.63, 3.8) is 0 Å². The third kappa shape index (κ3) is 3.52. The van der Waals surface area contributed by atoms with Gasteiger partial charge in [0, 0.05) is 24.3 Å². The second-order valence-electron chi connectivity index (χ2n) is 5.35. The highest BCUT2D eigenvalue weighted by Gasteiger charge is 2.19. The first-order valence-electron chi connectivity index (χ1n) is 7.22. The van der Waals surface area contributed by atoms with Crippen LogP contribution in [-0.2, 0) is 13.6 Å². The van der Waals surface area contributed by atoms with E-state index < -0.39 is 0 Å². The Balaban J connectivity index is 1.73. The fourth-order valence-corrected chi connectivity index (χ4v) is 3.12. The molecule has 8 heteroatoms. The van der Waals surface area contributed by atoms with Gasteiger partial charge in [-0.15, -0.1) is 0 Å². The largest absolute Gasteiger partial charge is 0.304 e. The summed E-state index contributed by atoms with van der Waals surface area (Å²) in [6.45, 7) is 2.41. The molecule has 1 N–H and O–H groups in total. The van der Waals surface area contributed by atoms with Crippen molar-refractivity contribution in [3.8, 4) is 0 Å². The molecule has 0 aliphatic heterocycles. The molecule has 2 aromatic heterocycles. The molecule has 2 heterocycles. The molecule has 0 spiro atoms. The standard InChI is InChI=1S/C16H15BrClN5O/c1-10-14(17)15(22(2)20-10)16(24)19-13-6-7-23(21-13)9-11-4-3-5-12(18)8-11/h3-8H,9H2,1-2H3,(H,19,21,24). The molecular weight excluding hydrogens is 394 g/mol. The van der Waals surface area contributed by atoms with Gasteiger partial charge >= 0.3 is 0 Å². The molecule has 1 aromatic carbocycles. The summed E-state index contributed by atoms with van der Waals surface area (Å²) in [7, 11) is 1.73.